The van der Waals surface area contributed by atoms with Crippen molar-refractivity contribution in [1.82, 2.24) is 0 Å². The minimum Gasteiger partial charge on any atom is -0.494 e. The van der Waals surface area contributed by atoms with Crippen molar-refractivity contribution in [2.45, 2.75) is 39.0 Å². The molecular formula is C15H20O2. The highest BCUT2D eigenvalue weighted by atomic mass is 16.5. The van der Waals surface area contributed by atoms with Crippen molar-refractivity contribution >= 4 is 5.78 Å². The van der Waals surface area contributed by atoms with Gasteiger partial charge in [-0.05, 0) is 43.4 Å². The summed E-state index contributed by atoms with van der Waals surface area (Å²) in [5, 5.41) is 0. The third-order valence-electron chi connectivity index (χ3n) is 3.47. The van der Waals surface area contributed by atoms with Gasteiger partial charge in [0.25, 0.3) is 0 Å². The summed E-state index contributed by atoms with van der Waals surface area (Å²) in [7, 11) is 0. The summed E-state index contributed by atoms with van der Waals surface area (Å²) in [5.74, 6) is 1.61. The first-order valence-electron chi connectivity index (χ1n) is 6.54. The molecule has 2 nitrogen and oxygen atoms in total. The second-order valence-corrected chi connectivity index (χ2v) is 4.69. The number of benzene rings is 1. The van der Waals surface area contributed by atoms with Crippen LogP contribution in [0.1, 0.15) is 38.2 Å². The topological polar surface area (TPSA) is 26.3 Å². The lowest BCUT2D eigenvalue weighted by Crippen LogP contribution is -2.11. The van der Waals surface area contributed by atoms with E-state index in [-0.39, 0.29) is 5.92 Å². The molecule has 92 valence electrons. The number of carbonyl (C=O) groups is 1. The molecule has 2 heteroatoms. The van der Waals surface area contributed by atoms with E-state index in [0.717, 1.165) is 37.9 Å². The summed E-state index contributed by atoms with van der Waals surface area (Å²) in [6.45, 7) is 2.79. The normalized spacial score (nSPS) is 19.6. The van der Waals surface area contributed by atoms with E-state index in [1.54, 1.807) is 0 Å². The van der Waals surface area contributed by atoms with Crippen molar-refractivity contribution in [1.29, 1.82) is 0 Å². The van der Waals surface area contributed by atoms with Gasteiger partial charge in [0, 0.05) is 12.3 Å². The first-order valence-corrected chi connectivity index (χ1v) is 6.54. The van der Waals surface area contributed by atoms with Gasteiger partial charge in [-0.2, -0.15) is 0 Å². The van der Waals surface area contributed by atoms with Crippen LogP contribution < -0.4 is 4.74 Å². The second kappa shape index (κ2) is 5.85. The smallest absolute Gasteiger partial charge is 0.136 e. The number of ketones is 1. The van der Waals surface area contributed by atoms with Gasteiger partial charge in [0.05, 0.1) is 6.61 Å². The number of carbonyl (C=O) groups excluding carboxylic acids is 1. The van der Waals surface area contributed by atoms with E-state index >= 15 is 0 Å². The molecule has 1 fully saturated rings. The van der Waals surface area contributed by atoms with E-state index in [1.807, 2.05) is 12.1 Å². The van der Waals surface area contributed by atoms with E-state index in [1.165, 1.54) is 5.56 Å². The fraction of sp³-hybridized carbons (Fsp3) is 0.533. The van der Waals surface area contributed by atoms with Crippen LogP contribution in [0.4, 0.5) is 0 Å². The Morgan fingerprint density at radius 1 is 1.41 bits per heavy atom. The zero-order valence-electron chi connectivity index (χ0n) is 10.4. The zero-order chi connectivity index (χ0) is 12.1. The Hall–Kier alpha value is -1.31. The first-order chi connectivity index (χ1) is 8.29. The van der Waals surface area contributed by atoms with Crippen molar-refractivity contribution in [3.8, 4) is 5.75 Å². The van der Waals surface area contributed by atoms with Crippen LogP contribution >= 0.6 is 0 Å². The standard InChI is InChI=1S/C15H20O2/c1-2-12-5-3-7-14(11-12)17-10-9-13-6-4-8-15(13)16/h3,5,7,11,13H,2,4,6,8-10H2,1H3. The molecule has 0 saturated heterocycles. The SMILES string of the molecule is CCc1cccc(OCCC2CCCC2=O)c1. The monoisotopic (exact) mass is 232 g/mol. The Morgan fingerprint density at radius 2 is 2.29 bits per heavy atom. The number of Topliss-reactive ketones (excluding diaryl/α,β-unsaturated/α-hetero) is 1. The van der Waals surface area contributed by atoms with Gasteiger partial charge in [-0.1, -0.05) is 19.1 Å². The molecular weight excluding hydrogens is 212 g/mol. The van der Waals surface area contributed by atoms with Gasteiger partial charge >= 0.3 is 0 Å². The quantitative estimate of drug-likeness (QED) is 0.778. The van der Waals surface area contributed by atoms with Crippen LogP contribution in [-0.2, 0) is 11.2 Å². The molecule has 0 bridgehead atoms. The molecule has 2 rings (SSSR count). The minimum atomic E-state index is 0.254. The van der Waals surface area contributed by atoms with Gasteiger partial charge in [0.15, 0.2) is 0 Å². The lowest BCUT2D eigenvalue weighted by atomic mass is 10.0. The Balaban J connectivity index is 1.79. The Morgan fingerprint density at radius 3 is 3.00 bits per heavy atom. The van der Waals surface area contributed by atoms with Crippen LogP contribution in [0.2, 0.25) is 0 Å². The minimum absolute atomic E-state index is 0.254. The van der Waals surface area contributed by atoms with E-state index in [2.05, 4.69) is 19.1 Å². The molecule has 1 aliphatic carbocycles. The molecule has 0 aliphatic heterocycles. The average Bonchev–Trinajstić information content (AvgIpc) is 2.76. The number of aryl methyl sites for hydroxylation is 1. The lowest BCUT2D eigenvalue weighted by Gasteiger charge is -2.10. The maximum absolute atomic E-state index is 11.5. The summed E-state index contributed by atoms with van der Waals surface area (Å²) in [5.41, 5.74) is 1.29. The third kappa shape index (κ3) is 3.32. The second-order valence-electron chi connectivity index (χ2n) is 4.69. The van der Waals surface area contributed by atoms with Crippen molar-refractivity contribution in [2.24, 2.45) is 5.92 Å². The highest BCUT2D eigenvalue weighted by Crippen LogP contribution is 2.24. The molecule has 0 amide bonds. The van der Waals surface area contributed by atoms with E-state index < -0.39 is 0 Å². The highest BCUT2D eigenvalue weighted by molar-refractivity contribution is 5.82. The van der Waals surface area contributed by atoms with Gasteiger partial charge in [-0.15, -0.1) is 0 Å². The largest absolute Gasteiger partial charge is 0.494 e. The molecule has 1 saturated carbocycles. The molecule has 0 spiro atoms. The zero-order valence-corrected chi connectivity index (χ0v) is 10.4. The highest BCUT2D eigenvalue weighted by Gasteiger charge is 2.23. The van der Waals surface area contributed by atoms with Crippen LogP contribution in [0.15, 0.2) is 24.3 Å². The predicted octanol–water partition coefficient (Wildman–Crippen LogP) is 3.39. The van der Waals surface area contributed by atoms with Crippen molar-refractivity contribution in [3.63, 3.8) is 0 Å². The van der Waals surface area contributed by atoms with E-state index in [4.69, 9.17) is 4.74 Å². The average molecular weight is 232 g/mol. The maximum atomic E-state index is 11.5. The van der Waals surface area contributed by atoms with Crippen molar-refractivity contribution in [3.05, 3.63) is 29.8 Å². The summed E-state index contributed by atoms with van der Waals surface area (Å²) >= 11 is 0. The Bertz CT molecular complexity index is 384. The van der Waals surface area contributed by atoms with E-state index in [9.17, 15) is 4.79 Å². The Labute approximate surface area is 103 Å². The predicted molar refractivity (Wildman–Crippen MR) is 68.3 cm³/mol. The van der Waals surface area contributed by atoms with Gasteiger partial charge in [-0.25, -0.2) is 0 Å². The van der Waals surface area contributed by atoms with Gasteiger partial charge in [0.2, 0.25) is 0 Å². The Kier molecular flexibility index (Phi) is 4.18. The van der Waals surface area contributed by atoms with Crippen LogP contribution in [0, 0.1) is 5.92 Å². The molecule has 0 radical (unpaired) electrons. The van der Waals surface area contributed by atoms with Gasteiger partial charge in [-0.3, -0.25) is 4.79 Å². The van der Waals surface area contributed by atoms with Crippen LogP contribution in [-0.4, -0.2) is 12.4 Å². The molecule has 1 aromatic rings. The van der Waals surface area contributed by atoms with Gasteiger partial charge < -0.3 is 4.74 Å². The molecule has 0 N–H and O–H groups in total. The molecule has 1 atom stereocenters. The maximum Gasteiger partial charge on any atom is 0.136 e. The van der Waals surface area contributed by atoms with E-state index in [0.29, 0.717) is 12.4 Å². The molecule has 1 unspecified atom stereocenters. The van der Waals surface area contributed by atoms with Crippen LogP contribution in [0.25, 0.3) is 0 Å². The third-order valence-corrected chi connectivity index (χ3v) is 3.47. The number of rotatable bonds is 5. The summed E-state index contributed by atoms with van der Waals surface area (Å²) < 4.78 is 5.71. The molecule has 17 heavy (non-hydrogen) atoms. The number of ether oxygens (including phenoxy) is 1. The van der Waals surface area contributed by atoms with Crippen molar-refractivity contribution < 1.29 is 9.53 Å². The van der Waals surface area contributed by atoms with Crippen molar-refractivity contribution in [2.75, 3.05) is 6.61 Å². The summed E-state index contributed by atoms with van der Waals surface area (Å²) in [4.78, 5) is 11.5. The summed E-state index contributed by atoms with van der Waals surface area (Å²) in [6, 6.07) is 8.19. The lowest BCUT2D eigenvalue weighted by molar-refractivity contribution is -0.121. The number of hydrogen-bond acceptors (Lipinski definition) is 2. The van der Waals surface area contributed by atoms with Crippen LogP contribution in [0.5, 0.6) is 5.75 Å². The fourth-order valence-corrected chi connectivity index (χ4v) is 2.37. The van der Waals surface area contributed by atoms with Gasteiger partial charge in [0.1, 0.15) is 11.5 Å². The first kappa shape index (κ1) is 12.2. The summed E-state index contributed by atoms with van der Waals surface area (Å²) in [6.07, 6.45) is 4.79. The fourth-order valence-electron chi connectivity index (χ4n) is 2.37. The molecule has 0 aromatic heterocycles. The molecule has 0 heterocycles. The molecule has 1 aliphatic rings. The molecule has 1 aromatic carbocycles. The van der Waals surface area contributed by atoms with Crippen LogP contribution in [0.3, 0.4) is 0 Å². The number of hydrogen-bond donors (Lipinski definition) is 0.